The van der Waals surface area contributed by atoms with E-state index in [2.05, 4.69) is 54.4 Å². The maximum absolute atomic E-state index is 6.21. The molecule has 0 aliphatic carbocycles. The van der Waals surface area contributed by atoms with Crippen LogP contribution in [-0.2, 0) is 16.3 Å². The number of anilines is 1. The maximum Gasteiger partial charge on any atom is 0.228 e. The summed E-state index contributed by atoms with van der Waals surface area (Å²) in [5.41, 5.74) is 1.39. The highest BCUT2D eigenvalue weighted by molar-refractivity contribution is 8.11. The Morgan fingerprint density at radius 2 is 1.85 bits per heavy atom. The number of hydrogen-bond donors (Lipinski definition) is 0. The molecular formula is C15H25N2OPS. The molecule has 0 saturated carbocycles. The van der Waals surface area contributed by atoms with Crippen LogP contribution in [0.5, 0.6) is 0 Å². The van der Waals surface area contributed by atoms with Gasteiger partial charge < -0.3 is 9.19 Å². The molecule has 1 aliphatic heterocycles. The number of rotatable bonds is 2. The van der Waals surface area contributed by atoms with Crippen LogP contribution in [-0.4, -0.2) is 31.9 Å². The fourth-order valence-electron chi connectivity index (χ4n) is 2.33. The molecule has 2 atom stereocenters. The number of hydrogen-bond acceptors (Lipinski definition) is 2. The van der Waals surface area contributed by atoms with Crippen LogP contribution in [0, 0.1) is 11.3 Å². The molecule has 1 aliphatic rings. The minimum absolute atomic E-state index is 0.222. The van der Waals surface area contributed by atoms with Gasteiger partial charge in [0.2, 0.25) is 6.57 Å². The molecule has 0 bridgehead atoms. The van der Waals surface area contributed by atoms with Crippen molar-refractivity contribution in [3.63, 3.8) is 0 Å². The molecule has 0 spiro atoms. The number of benzene rings is 1. The van der Waals surface area contributed by atoms with E-state index in [1.807, 2.05) is 20.2 Å². The van der Waals surface area contributed by atoms with Gasteiger partial charge in [0.15, 0.2) is 0 Å². The summed E-state index contributed by atoms with van der Waals surface area (Å²) in [6.45, 7) is 6.41. The summed E-state index contributed by atoms with van der Waals surface area (Å²) in [7, 11) is 4.04. The molecular weight excluding hydrogens is 287 g/mol. The third kappa shape index (κ3) is 3.09. The molecule has 0 N–H and O–H groups in total. The Morgan fingerprint density at radius 3 is 2.35 bits per heavy atom. The van der Waals surface area contributed by atoms with Gasteiger partial charge in [0.1, 0.15) is 0 Å². The first kappa shape index (κ1) is 16.0. The average Bonchev–Trinajstić information content (AvgIpc) is 2.38. The van der Waals surface area contributed by atoms with E-state index in [1.165, 1.54) is 5.69 Å². The average molecular weight is 312 g/mol. The van der Waals surface area contributed by atoms with Gasteiger partial charge in [-0.15, -0.1) is 0 Å². The fourth-order valence-corrected chi connectivity index (χ4v) is 5.00. The summed E-state index contributed by atoms with van der Waals surface area (Å²) in [5, 5.41) is 0. The molecule has 5 heteroatoms. The lowest BCUT2D eigenvalue weighted by atomic mass is 9.81. The number of nitrogens with zero attached hydrogens (tertiary/aromatic N) is 2. The van der Waals surface area contributed by atoms with Crippen LogP contribution in [0.1, 0.15) is 20.8 Å². The van der Waals surface area contributed by atoms with Gasteiger partial charge in [-0.05, 0) is 43.4 Å². The van der Waals surface area contributed by atoms with Crippen molar-refractivity contribution in [1.82, 2.24) is 4.67 Å². The Hall–Kier alpha value is -0.410. The van der Waals surface area contributed by atoms with Crippen LogP contribution in [0.15, 0.2) is 30.3 Å². The standard InChI is InChI=1S/C15H25N2OPS/c1-15(2,3)13-11-17(14-9-7-6-8-10-14)19(20,16(4)5)18-12-13/h6-10,13H,11-12H2,1-5H3/t13-,19-/m0/s1. The zero-order valence-electron chi connectivity index (χ0n) is 13.0. The molecule has 0 unspecified atom stereocenters. The monoisotopic (exact) mass is 312 g/mol. The topological polar surface area (TPSA) is 15.7 Å². The first-order valence-electron chi connectivity index (χ1n) is 7.00. The van der Waals surface area contributed by atoms with Gasteiger partial charge in [-0.25, -0.2) is 4.67 Å². The van der Waals surface area contributed by atoms with Crippen molar-refractivity contribution in [2.45, 2.75) is 20.8 Å². The predicted octanol–water partition coefficient (Wildman–Crippen LogP) is 3.97. The van der Waals surface area contributed by atoms with Crippen LogP contribution in [0.2, 0.25) is 0 Å². The first-order valence-corrected chi connectivity index (χ1v) is 9.63. The van der Waals surface area contributed by atoms with Gasteiger partial charge >= 0.3 is 0 Å². The third-order valence-electron chi connectivity index (χ3n) is 3.93. The van der Waals surface area contributed by atoms with E-state index < -0.39 is 6.57 Å². The normalized spacial score (nSPS) is 27.9. The van der Waals surface area contributed by atoms with Crippen molar-refractivity contribution in [3.05, 3.63) is 30.3 Å². The second-order valence-electron chi connectivity index (χ2n) is 6.61. The van der Waals surface area contributed by atoms with Gasteiger partial charge in [0.25, 0.3) is 0 Å². The third-order valence-corrected chi connectivity index (χ3v) is 8.31. The largest absolute Gasteiger partial charge is 0.322 e. The highest BCUT2D eigenvalue weighted by Gasteiger charge is 2.40. The zero-order valence-corrected chi connectivity index (χ0v) is 14.7. The van der Waals surface area contributed by atoms with Crippen LogP contribution >= 0.6 is 6.57 Å². The zero-order chi connectivity index (χ0) is 15.0. The highest BCUT2D eigenvalue weighted by Crippen LogP contribution is 2.58. The molecule has 1 heterocycles. The molecule has 1 saturated heterocycles. The summed E-state index contributed by atoms with van der Waals surface area (Å²) < 4.78 is 10.6. The summed E-state index contributed by atoms with van der Waals surface area (Å²) in [6.07, 6.45) is 0. The van der Waals surface area contributed by atoms with Crippen LogP contribution in [0.4, 0.5) is 5.69 Å². The maximum atomic E-state index is 6.21. The van der Waals surface area contributed by atoms with Crippen molar-refractivity contribution in [2.24, 2.45) is 11.3 Å². The fraction of sp³-hybridized carbons (Fsp3) is 0.600. The molecule has 112 valence electrons. The molecule has 0 radical (unpaired) electrons. The Labute approximate surface area is 128 Å². The van der Waals surface area contributed by atoms with Crippen molar-refractivity contribution in [3.8, 4) is 0 Å². The Balaban J connectivity index is 2.37. The van der Waals surface area contributed by atoms with Crippen LogP contribution < -0.4 is 4.67 Å². The molecule has 1 fully saturated rings. The van der Waals surface area contributed by atoms with E-state index in [1.54, 1.807) is 0 Å². The number of para-hydroxylation sites is 1. The Bertz CT molecular complexity index is 498. The van der Waals surface area contributed by atoms with E-state index in [9.17, 15) is 0 Å². The second-order valence-corrected chi connectivity index (χ2v) is 10.6. The lowest BCUT2D eigenvalue weighted by Gasteiger charge is -2.48. The SMILES string of the molecule is CN(C)[P@@]1(=S)OC[C@@H](C(C)(C)C)CN1c1ccccc1. The molecule has 20 heavy (non-hydrogen) atoms. The second kappa shape index (κ2) is 5.76. The van der Waals surface area contributed by atoms with E-state index in [4.69, 9.17) is 16.3 Å². The molecule has 3 nitrogen and oxygen atoms in total. The smallest absolute Gasteiger partial charge is 0.228 e. The Morgan fingerprint density at radius 1 is 1.25 bits per heavy atom. The molecule has 0 amide bonds. The van der Waals surface area contributed by atoms with E-state index in [0.717, 1.165) is 13.2 Å². The van der Waals surface area contributed by atoms with Gasteiger partial charge in [0.05, 0.1) is 6.61 Å². The van der Waals surface area contributed by atoms with Gasteiger partial charge in [-0.1, -0.05) is 39.0 Å². The molecule has 1 aromatic carbocycles. The van der Waals surface area contributed by atoms with Gasteiger partial charge in [-0.2, -0.15) is 0 Å². The van der Waals surface area contributed by atoms with Crippen molar-refractivity contribution in [2.75, 3.05) is 31.9 Å². The molecule has 2 rings (SSSR count). The summed E-state index contributed by atoms with van der Waals surface area (Å²) in [4.78, 5) is 0. The van der Waals surface area contributed by atoms with E-state index in [0.29, 0.717) is 5.92 Å². The van der Waals surface area contributed by atoms with E-state index >= 15 is 0 Å². The summed E-state index contributed by atoms with van der Waals surface area (Å²) in [6, 6.07) is 10.4. The van der Waals surface area contributed by atoms with Crippen molar-refractivity contribution >= 4 is 24.1 Å². The Kier molecular flexibility index (Phi) is 4.60. The molecule has 1 aromatic rings. The first-order chi connectivity index (χ1) is 9.25. The molecule has 0 aromatic heterocycles. The van der Waals surface area contributed by atoms with Crippen LogP contribution in [0.25, 0.3) is 0 Å². The van der Waals surface area contributed by atoms with Crippen molar-refractivity contribution < 1.29 is 4.52 Å². The minimum Gasteiger partial charge on any atom is -0.322 e. The summed E-state index contributed by atoms with van der Waals surface area (Å²) >= 11 is 5.90. The van der Waals surface area contributed by atoms with E-state index in [-0.39, 0.29) is 5.41 Å². The van der Waals surface area contributed by atoms with Crippen molar-refractivity contribution in [1.29, 1.82) is 0 Å². The minimum atomic E-state index is -2.12. The van der Waals surface area contributed by atoms with Gasteiger partial charge in [0, 0.05) is 18.2 Å². The summed E-state index contributed by atoms with van der Waals surface area (Å²) in [5.74, 6) is 0.485. The van der Waals surface area contributed by atoms with Crippen LogP contribution in [0.3, 0.4) is 0 Å². The lowest BCUT2D eigenvalue weighted by molar-refractivity contribution is 0.140. The van der Waals surface area contributed by atoms with Gasteiger partial charge in [-0.3, -0.25) is 0 Å². The highest BCUT2D eigenvalue weighted by atomic mass is 32.5. The quantitative estimate of drug-likeness (QED) is 0.768. The predicted molar refractivity (Wildman–Crippen MR) is 90.7 cm³/mol. The lowest BCUT2D eigenvalue weighted by Crippen LogP contribution is -2.44.